The largest absolute Gasteiger partial charge is 1.00 e. The van der Waals surface area contributed by atoms with Gasteiger partial charge in [-0.2, -0.15) is 0 Å². The maximum atomic E-state index is 12.9. The maximum absolute atomic E-state index is 12.9. The van der Waals surface area contributed by atoms with Crippen molar-refractivity contribution >= 4 is 51.6 Å². The Hall–Kier alpha value is -2.23. The van der Waals surface area contributed by atoms with E-state index in [4.69, 9.17) is 11.6 Å². The number of rotatable bonds is 6. The normalized spacial score (nSPS) is 19.2. The van der Waals surface area contributed by atoms with Gasteiger partial charge in [0.1, 0.15) is 12.1 Å². The number of urea groups is 1. The average molecular weight is 524 g/mol. The molecule has 1 aromatic carbocycles. The van der Waals surface area contributed by atoms with Crippen molar-refractivity contribution in [3.05, 3.63) is 34.9 Å². The topological polar surface area (TPSA) is 176 Å². The number of imide groups is 1. The molecule has 0 aromatic heterocycles. The van der Waals surface area contributed by atoms with Crippen molar-refractivity contribution in [3.8, 4) is 0 Å². The van der Waals surface area contributed by atoms with E-state index in [0.717, 1.165) is 0 Å². The second kappa shape index (κ2) is 11.0. The second-order valence-corrected chi connectivity index (χ2v) is 8.90. The number of amides is 6. The van der Waals surface area contributed by atoms with Gasteiger partial charge in [-0.05, 0) is 24.6 Å². The molecule has 16 heteroatoms. The molecule has 0 saturated carbocycles. The SMILES string of the molecule is CCN1CCN(C(=O)NC(C(=O)NC2CN(S(=O)(=O)[O-])C2=O)c2ccc(Cl)cc2)C(=O)C1=O.[Na+]. The molecule has 2 fully saturated rings. The molecule has 13 nitrogen and oxygen atoms in total. The number of nitrogens with one attached hydrogen (secondary N) is 2. The summed E-state index contributed by atoms with van der Waals surface area (Å²) in [6, 6.07) is 2.01. The summed E-state index contributed by atoms with van der Waals surface area (Å²) in [5.41, 5.74) is 0.233. The Balaban J connectivity index is 0.00000408. The van der Waals surface area contributed by atoms with Crippen molar-refractivity contribution < 1.29 is 66.5 Å². The maximum Gasteiger partial charge on any atom is 1.00 e. The summed E-state index contributed by atoms with van der Waals surface area (Å²) >= 11 is 5.86. The minimum atomic E-state index is -4.99. The zero-order valence-electron chi connectivity index (χ0n) is 18.2. The standard InChI is InChI=1S/C18H20ClN5O8S.Na/c1-2-22-7-8-23(17(28)16(22)27)18(29)21-13(10-3-5-11(19)6-4-10)14(25)20-12-9-24(15(12)26)33(30,31)32;/h3-6,12-13H,2,7-9H2,1H3,(H,20,25)(H,21,29)(H,30,31,32);/q;+1/p-1. The summed E-state index contributed by atoms with van der Waals surface area (Å²) < 4.78 is 33.0. The molecule has 2 heterocycles. The van der Waals surface area contributed by atoms with Crippen molar-refractivity contribution in [2.75, 3.05) is 26.2 Å². The zero-order chi connectivity index (χ0) is 24.5. The molecule has 2 aliphatic rings. The molecule has 6 amide bonds. The molecule has 3 rings (SSSR count). The molecule has 2 N–H and O–H groups in total. The summed E-state index contributed by atoms with van der Waals surface area (Å²) in [4.78, 5) is 63.8. The molecule has 2 unspecified atom stereocenters. The predicted molar refractivity (Wildman–Crippen MR) is 110 cm³/mol. The van der Waals surface area contributed by atoms with E-state index < -0.39 is 58.6 Å². The molecule has 2 aliphatic heterocycles. The minimum Gasteiger partial charge on any atom is -0.731 e. The number of benzene rings is 1. The first-order valence-corrected chi connectivity index (χ1v) is 11.4. The van der Waals surface area contributed by atoms with Gasteiger partial charge in [-0.1, -0.05) is 23.7 Å². The van der Waals surface area contributed by atoms with Crippen LogP contribution in [-0.2, 0) is 29.5 Å². The number of hydrogen-bond acceptors (Lipinski definition) is 8. The van der Waals surface area contributed by atoms with Gasteiger partial charge in [0.05, 0.1) is 6.54 Å². The molecular formula is C18H19ClN5NaO8S. The van der Waals surface area contributed by atoms with E-state index >= 15 is 0 Å². The van der Waals surface area contributed by atoms with Crippen molar-refractivity contribution in [3.63, 3.8) is 0 Å². The van der Waals surface area contributed by atoms with Crippen LogP contribution in [0.3, 0.4) is 0 Å². The van der Waals surface area contributed by atoms with Gasteiger partial charge in [0.25, 0.3) is 5.91 Å². The van der Waals surface area contributed by atoms with Crippen LogP contribution < -0.4 is 40.2 Å². The number of piperazine rings is 1. The Morgan fingerprint density at radius 3 is 2.29 bits per heavy atom. The van der Waals surface area contributed by atoms with Gasteiger partial charge in [0.15, 0.2) is 10.3 Å². The summed E-state index contributed by atoms with van der Waals surface area (Å²) in [6.45, 7) is 1.47. The van der Waals surface area contributed by atoms with Gasteiger partial charge in [0, 0.05) is 24.7 Å². The average Bonchev–Trinajstić information content (AvgIpc) is 2.75. The van der Waals surface area contributed by atoms with Gasteiger partial charge in [-0.15, -0.1) is 0 Å². The molecule has 34 heavy (non-hydrogen) atoms. The van der Waals surface area contributed by atoms with Crippen molar-refractivity contribution in [2.45, 2.75) is 19.0 Å². The Bertz CT molecular complexity index is 1120. The number of halogens is 1. The number of carbonyl (C=O) groups is 5. The molecule has 2 saturated heterocycles. The van der Waals surface area contributed by atoms with Crippen LogP contribution in [0.1, 0.15) is 18.5 Å². The predicted octanol–water partition coefficient (Wildman–Crippen LogP) is -4.43. The molecule has 178 valence electrons. The van der Waals surface area contributed by atoms with Gasteiger partial charge in [0.2, 0.25) is 5.91 Å². The van der Waals surface area contributed by atoms with Crippen molar-refractivity contribution in [1.82, 2.24) is 24.7 Å². The van der Waals surface area contributed by atoms with E-state index in [0.29, 0.717) is 16.5 Å². The molecular weight excluding hydrogens is 505 g/mol. The van der Waals surface area contributed by atoms with Gasteiger partial charge in [-0.25, -0.2) is 17.5 Å². The van der Waals surface area contributed by atoms with Gasteiger partial charge >= 0.3 is 47.4 Å². The van der Waals surface area contributed by atoms with Crippen LogP contribution >= 0.6 is 11.6 Å². The third kappa shape index (κ3) is 5.87. The fraction of sp³-hybridized carbons (Fsp3) is 0.389. The van der Waals surface area contributed by atoms with Crippen LogP contribution in [-0.4, -0.2) is 89.0 Å². The smallest absolute Gasteiger partial charge is 0.731 e. The molecule has 1 aromatic rings. The van der Waals surface area contributed by atoms with Crippen LogP contribution in [0.15, 0.2) is 24.3 Å². The monoisotopic (exact) mass is 523 g/mol. The second-order valence-electron chi connectivity index (χ2n) is 7.16. The number of nitrogens with zero attached hydrogens (tertiary/aromatic N) is 3. The van der Waals surface area contributed by atoms with Crippen LogP contribution in [0.2, 0.25) is 5.02 Å². The van der Waals surface area contributed by atoms with E-state index in [2.05, 4.69) is 10.6 Å². The number of β-lactam (4-membered cyclic amide) rings is 1. The van der Waals surface area contributed by atoms with Gasteiger partial charge in [-0.3, -0.25) is 24.1 Å². The van der Waals surface area contributed by atoms with E-state index in [9.17, 15) is 36.9 Å². The van der Waals surface area contributed by atoms with Crippen molar-refractivity contribution in [2.24, 2.45) is 0 Å². The summed E-state index contributed by atoms with van der Waals surface area (Å²) in [5, 5.41) is 4.96. The summed E-state index contributed by atoms with van der Waals surface area (Å²) in [7, 11) is -4.99. The number of likely N-dealkylation sites (N-methyl/N-ethyl adjacent to an activating group) is 1. The van der Waals surface area contributed by atoms with Crippen LogP contribution in [0, 0.1) is 0 Å². The zero-order valence-corrected chi connectivity index (χ0v) is 21.8. The van der Waals surface area contributed by atoms with E-state index in [1.54, 1.807) is 6.92 Å². The van der Waals surface area contributed by atoms with Crippen LogP contribution in [0.4, 0.5) is 4.79 Å². The Morgan fingerprint density at radius 1 is 1.15 bits per heavy atom. The van der Waals surface area contributed by atoms with E-state index in [1.165, 1.54) is 29.2 Å². The van der Waals surface area contributed by atoms with Crippen molar-refractivity contribution in [1.29, 1.82) is 0 Å². The first-order chi connectivity index (χ1) is 15.4. The first kappa shape index (κ1) is 28.0. The summed E-state index contributed by atoms with van der Waals surface area (Å²) in [6.07, 6.45) is 0. The van der Waals surface area contributed by atoms with E-state index in [1.807, 2.05) is 0 Å². The molecule has 2 atom stereocenters. The molecule has 0 bridgehead atoms. The Kier molecular flexibility index (Phi) is 9.07. The first-order valence-electron chi connectivity index (χ1n) is 9.68. The molecule has 0 spiro atoms. The van der Waals surface area contributed by atoms with E-state index in [-0.39, 0.29) is 52.5 Å². The number of hydrogen-bond donors (Lipinski definition) is 2. The molecule has 0 aliphatic carbocycles. The fourth-order valence-corrected chi connectivity index (χ4v) is 4.09. The molecule has 0 radical (unpaired) electrons. The third-order valence-electron chi connectivity index (χ3n) is 5.15. The number of carbonyl (C=O) groups excluding carboxylic acids is 5. The summed E-state index contributed by atoms with van der Waals surface area (Å²) in [5.74, 6) is -3.93. The van der Waals surface area contributed by atoms with Gasteiger partial charge < -0.3 is 20.1 Å². The van der Waals surface area contributed by atoms with Crippen LogP contribution in [0.25, 0.3) is 0 Å². The minimum absolute atomic E-state index is 0. The van der Waals surface area contributed by atoms with Crippen LogP contribution in [0.5, 0.6) is 0 Å². The Morgan fingerprint density at radius 2 is 1.76 bits per heavy atom. The third-order valence-corrected chi connectivity index (χ3v) is 6.27. The quantitative estimate of drug-likeness (QED) is 0.162. The Labute approximate surface area is 221 Å². The fourth-order valence-electron chi connectivity index (χ4n) is 3.29.